The van der Waals surface area contributed by atoms with Crippen LogP contribution in [-0.4, -0.2) is 31.9 Å². The number of hydrogen-bond acceptors (Lipinski definition) is 4. The summed E-state index contributed by atoms with van der Waals surface area (Å²) in [6, 6.07) is 5.69. The van der Waals surface area contributed by atoms with Crippen molar-refractivity contribution in [3.8, 4) is 0 Å². The highest BCUT2D eigenvalue weighted by Crippen LogP contribution is 2.47. The molecule has 2 aromatic carbocycles. The molecule has 134 valence electrons. The number of rotatable bonds is 2. The van der Waals surface area contributed by atoms with Crippen molar-refractivity contribution in [2.45, 2.75) is 6.42 Å². The minimum absolute atomic E-state index is 0.128. The van der Waals surface area contributed by atoms with Gasteiger partial charge in [-0.05, 0) is 62.5 Å². The molecule has 0 amide bonds. The van der Waals surface area contributed by atoms with Gasteiger partial charge >= 0.3 is 0 Å². The van der Waals surface area contributed by atoms with E-state index in [0.717, 1.165) is 42.9 Å². The second kappa shape index (κ2) is 6.62. The summed E-state index contributed by atoms with van der Waals surface area (Å²) in [4.78, 5) is 21.8. The molecule has 0 radical (unpaired) electrons. The molecular weight excluding hydrogens is 488 g/mol. The van der Waals surface area contributed by atoms with E-state index in [1.54, 1.807) is 0 Å². The van der Waals surface area contributed by atoms with E-state index in [-0.39, 0.29) is 16.4 Å². The fourth-order valence-corrected chi connectivity index (χ4v) is 5.27. The van der Waals surface area contributed by atoms with Crippen molar-refractivity contribution in [2.24, 2.45) is 4.99 Å². The van der Waals surface area contributed by atoms with Gasteiger partial charge in [-0.15, -0.1) is 0 Å². The summed E-state index contributed by atoms with van der Waals surface area (Å²) in [6.07, 6.45) is 0.978. The summed E-state index contributed by atoms with van der Waals surface area (Å²) in [6.45, 7) is 1.66. The predicted molar refractivity (Wildman–Crippen MR) is 109 cm³/mol. The van der Waals surface area contributed by atoms with Crippen LogP contribution in [0.2, 0.25) is 5.02 Å². The first-order valence-corrected chi connectivity index (χ1v) is 9.94. The van der Waals surface area contributed by atoms with E-state index in [0.29, 0.717) is 14.5 Å². The number of ketones is 1. The SMILES string of the molecule is CN1C2=NCCCN2c2cc(Br)c(C(=O)c3cc(F)ccc3Cl)c(Br)c21. The van der Waals surface area contributed by atoms with Gasteiger partial charge in [-0.25, -0.2) is 4.39 Å². The largest absolute Gasteiger partial charge is 0.312 e. The third-order valence-corrected chi connectivity index (χ3v) is 6.26. The summed E-state index contributed by atoms with van der Waals surface area (Å²) in [5, 5.41) is 0.214. The second-order valence-electron chi connectivity index (χ2n) is 6.11. The van der Waals surface area contributed by atoms with Gasteiger partial charge in [0.25, 0.3) is 0 Å². The molecule has 4 rings (SSSR count). The fourth-order valence-electron chi connectivity index (χ4n) is 3.34. The summed E-state index contributed by atoms with van der Waals surface area (Å²) in [7, 11) is 1.92. The highest BCUT2D eigenvalue weighted by atomic mass is 79.9. The number of nitrogens with zero attached hydrogens (tertiary/aromatic N) is 3. The predicted octanol–water partition coefficient (Wildman–Crippen LogP) is 5.25. The third kappa shape index (κ3) is 2.68. The van der Waals surface area contributed by atoms with Crippen molar-refractivity contribution < 1.29 is 9.18 Å². The lowest BCUT2D eigenvalue weighted by atomic mass is 10.0. The van der Waals surface area contributed by atoms with Crippen LogP contribution in [0.4, 0.5) is 15.8 Å². The van der Waals surface area contributed by atoms with Crippen LogP contribution in [0.15, 0.2) is 38.2 Å². The molecule has 2 aliphatic heterocycles. The van der Waals surface area contributed by atoms with Crippen molar-refractivity contribution in [3.63, 3.8) is 0 Å². The normalized spacial score (nSPS) is 15.7. The van der Waals surface area contributed by atoms with Crippen LogP contribution in [0.5, 0.6) is 0 Å². The van der Waals surface area contributed by atoms with Crippen molar-refractivity contribution in [3.05, 3.63) is 55.2 Å². The lowest BCUT2D eigenvalue weighted by Crippen LogP contribution is -2.39. The summed E-state index contributed by atoms with van der Waals surface area (Å²) in [5.41, 5.74) is 2.38. The van der Waals surface area contributed by atoms with Gasteiger partial charge in [0.05, 0.1) is 26.4 Å². The maximum Gasteiger partial charge on any atom is 0.205 e. The van der Waals surface area contributed by atoms with Gasteiger partial charge in [-0.2, -0.15) is 0 Å². The Labute approximate surface area is 171 Å². The van der Waals surface area contributed by atoms with E-state index in [9.17, 15) is 9.18 Å². The molecule has 2 aromatic rings. The van der Waals surface area contributed by atoms with Crippen LogP contribution in [0, 0.1) is 5.82 Å². The fraction of sp³-hybridized carbons (Fsp3) is 0.222. The van der Waals surface area contributed by atoms with Gasteiger partial charge in [0.1, 0.15) is 5.82 Å². The molecule has 0 N–H and O–H groups in total. The Morgan fingerprint density at radius 1 is 1.31 bits per heavy atom. The smallest absolute Gasteiger partial charge is 0.205 e. The first kappa shape index (κ1) is 17.9. The number of benzene rings is 2. The van der Waals surface area contributed by atoms with Crippen LogP contribution in [0.1, 0.15) is 22.3 Å². The van der Waals surface area contributed by atoms with Gasteiger partial charge in [0.15, 0.2) is 5.78 Å². The van der Waals surface area contributed by atoms with E-state index in [4.69, 9.17) is 11.6 Å². The number of anilines is 2. The van der Waals surface area contributed by atoms with Crippen LogP contribution < -0.4 is 9.80 Å². The number of carbonyl (C=O) groups excluding carboxylic acids is 1. The van der Waals surface area contributed by atoms with Crippen molar-refractivity contribution in [2.75, 3.05) is 29.9 Å². The Bertz CT molecular complexity index is 979. The molecule has 0 saturated heterocycles. The molecule has 2 aliphatic rings. The van der Waals surface area contributed by atoms with Crippen LogP contribution >= 0.6 is 43.5 Å². The molecule has 26 heavy (non-hydrogen) atoms. The molecule has 0 atom stereocenters. The van der Waals surface area contributed by atoms with Gasteiger partial charge < -0.3 is 9.80 Å². The molecule has 8 heteroatoms. The van der Waals surface area contributed by atoms with Gasteiger partial charge in [0, 0.05) is 30.2 Å². The molecule has 0 aliphatic carbocycles. The Morgan fingerprint density at radius 3 is 2.85 bits per heavy atom. The Morgan fingerprint density at radius 2 is 2.08 bits per heavy atom. The summed E-state index contributed by atoms with van der Waals surface area (Å²) < 4.78 is 14.9. The summed E-state index contributed by atoms with van der Waals surface area (Å²) in [5.74, 6) is 0.0123. The van der Waals surface area contributed by atoms with Crippen LogP contribution in [-0.2, 0) is 0 Å². The number of carbonyl (C=O) groups is 1. The number of fused-ring (bicyclic) bond motifs is 3. The molecular formula is C18H13Br2ClFN3O. The number of hydrogen-bond donors (Lipinski definition) is 0. The monoisotopic (exact) mass is 499 g/mol. The number of guanidine groups is 1. The Balaban J connectivity index is 1.89. The first-order chi connectivity index (χ1) is 12.4. The third-order valence-electron chi connectivity index (χ3n) is 4.53. The number of halogens is 4. The first-order valence-electron chi connectivity index (χ1n) is 7.97. The quantitative estimate of drug-likeness (QED) is 0.528. The maximum atomic E-state index is 13.6. The molecule has 0 saturated carbocycles. The molecule has 0 spiro atoms. The minimum atomic E-state index is -0.505. The van der Waals surface area contributed by atoms with Gasteiger partial charge in [-0.3, -0.25) is 9.79 Å². The minimum Gasteiger partial charge on any atom is -0.312 e. The topological polar surface area (TPSA) is 35.9 Å². The van der Waals surface area contributed by atoms with Crippen LogP contribution in [0.3, 0.4) is 0 Å². The van der Waals surface area contributed by atoms with Crippen molar-refractivity contribution in [1.82, 2.24) is 0 Å². The molecule has 2 heterocycles. The van der Waals surface area contributed by atoms with Gasteiger partial charge in [0.2, 0.25) is 5.96 Å². The molecule has 0 bridgehead atoms. The Kier molecular flexibility index (Phi) is 4.57. The standard InChI is InChI=1S/C18H13Br2ClFN3O/c1-24-16-13(25-6-2-5-23-18(24)25)8-11(19)14(15(16)20)17(26)10-7-9(22)3-4-12(10)21/h3-4,7-8H,2,5-6H2,1H3. The Hall–Kier alpha value is -1.44. The lowest BCUT2D eigenvalue weighted by Gasteiger charge is -2.24. The highest BCUT2D eigenvalue weighted by Gasteiger charge is 2.36. The zero-order valence-electron chi connectivity index (χ0n) is 13.7. The second-order valence-corrected chi connectivity index (χ2v) is 8.17. The lowest BCUT2D eigenvalue weighted by molar-refractivity contribution is 0.103. The van der Waals surface area contributed by atoms with Crippen LogP contribution in [0.25, 0.3) is 0 Å². The maximum absolute atomic E-state index is 13.6. The van der Waals surface area contributed by atoms with E-state index in [2.05, 4.69) is 41.8 Å². The zero-order valence-corrected chi connectivity index (χ0v) is 17.6. The van der Waals surface area contributed by atoms with E-state index < -0.39 is 5.82 Å². The average Bonchev–Trinajstić information content (AvgIpc) is 2.90. The van der Waals surface area contributed by atoms with Crippen molar-refractivity contribution in [1.29, 1.82) is 0 Å². The summed E-state index contributed by atoms with van der Waals surface area (Å²) >= 11 is 13.2. The molecule has 0 fully saturated rings. The van der Waals surface area contributed by atoms with E-state index >= 15 is 0 Å². The molecule has 4 nitrogen and oxygen atoms in total. The molecule has 0 unspecified atom stereocenters. The molecule has 0 aromatic heterocycles. The average molecular weight is 502 g/mol. The van der Waals surface area contributed by atoms with Crippen molar-refractivity contribution >= 4 is 66.6 Å². The van der Waals surface area contributed by atoms with E-state index in [1.165, 1.54) is 12.1 Å². The van der Waals surface area contributed by atoms with Gasteiger partial charge in [-0.1, -0.05) is 11.6 Å². The zero-order chi connectivity index (χ0) is 18.6. The number of aliphatic imine (C=N–C) groups is 1. The highest BCUT2D eigenvalue weighted by molar-refractivity contribution is 9.11. The van der Waals surface area contributed by atoms with E-state index in [1.807, 2.05) is 18.0 Å².